The van der Waals surface area contributed by atoms with Crippen LogP contribution in [0.25, 0.3) is 22.0 Å². The second-order valence-electron chi connectivity index (χ2n) is 8.80. The van der Waals surface area contributed by atoms with Gasteiger partial charge in [-0.05, 0) is 35.9 Å². The maximum atomic E-state index is 12.4. The van der Waals surface area contributed by atoms with Crippen LogP contribution in [0.5, 0.6) is 0 Å². The third-order valence-electron chi connectivity index (χ3n) is 6.34. The van der Waals surface area contributed by atoms with Crippen LogP contribution in [-0.4, -0.2) is 44.0 Å². The van der Waals surface area contributed by atoms with Crippen molar-refractivity contribution in [2.45, 2.75) is 44.7 Å². The van der Waals surface area contributed by atoms with E-state index in [1.165, 1.54) is 4.90 Å². The van der Waals surface area contributed by atoms with E-state index in [0.717, 1.165) is 46.9 Å². The standard InChI is InChI=1S/C28H31N5O3/c1-29-26(34)11-7-3-6-10-25(33(28(35)36)19-20-8-4-2-5-9-20)27-31-18-24(32-27)22-13-12-21-14-15-30-17-23(21)16-22/h2,4-5,8-9,12-18,25H,3,6-7,10-11,19H2,1H3,(H,29,34)(H,31,32)(H,35,36)/t25-/m0/s1. The van der Waals surface area contributed by atoms with Gasteiger partial charge in [0.15, 0.2) is 0 Å². The molecule has 1 atom stereocenters. The molecule has 0 unspecified atom stereocenters. The fourth-order valence-corrected chi connectivity index (χ4v) is 4.36. The lowest BCUT2D eigenvalue weighted by Gasteiger charge is -2.28. The lowest BCUT2D eigenvalue weighted by Crippen LogP contribution is -2.34. The minimum Gasteiger partial charge on any atom is -0.465 e. The molecule has 0 bridgehead atoms. The molecule has 0 saturated heterocycles. The molecule has 8 nitrogen and oxygen atoms in total. The quantitative estimate of drug-likeness (QED) is 0.241. The SMILES string of the molecule is CNC(=O)CCCCC[C@@H](c1ncc(-c2ccc3ccncc3c2)[nH]1)N(Cc1ccccc1)C(=O)O. The number of unbranched alkanes of at least 4 members (excludes halogenated alkanes) is 2. The lowest BCUT2D eigenvalue weighted by molar-refractivity contribution is -0.120. The van der Waals surface area contributed by atoms with Gasteiger partial charge < -0.3 is 15.4 Å². The van der Waals surface area contributed by atoms with E-state index in [9.17, 15) is 14.7 Å². The Bertz CT molecular complexity index is 1300. The van der Waals surface area contributed by atoms with Gasteiger partial charge in [0, 0.05) is 43.4 Å². The van der Waals surface area contributed by atoms with Crippen molar-refractivity contribution in [2.75, 3.05) is 7.05 Å². The van der Waals surface area contributed by atoms with E-state index >= 15 is 0 Å². The fraction of sp³-hybridized carbons (Fsp3) is 0.286. The van der Waals surface area contributed by atoms with Gasteiger partial charge in [-0.2, -0.15) is 0 Å². The number of aromatic nitrogens is 3. The summed E-state index contributed by atoms with van der Waals surface area (Å²) in [6.07, 6.45) is 7.78. The first kappa shape index (κ1) is 24.9. The third kappa shape index (κ3) is 6.27. The van der Waals surface area contributed by atoms with Crippen LogP contribution in [0.1, 0.15) is 49.5 Å². The van der Waals surface area contributed by atoms with Gasteiger partial charge in [0.1, 0.15) is 5.82 Å². The number of amides is 2. The Balaban J connectivity index is 1.57. The Hall–Kier alpha value is -4.20. The summed E-state index contributed by atoms with van der Waals surface area (Å²) in [5, 5.41) is 14.9. The van der Waals surface area contributed by atoms with E-state index in [0.29, 0.717) is 18.7 Å². The minimum absolute atomic E-state index is 0.0176. The molecular formula is C28H31N5O3. The summed E-state index contributed by atoms with van der Waals surface area (Å²) in [6.45, 7) is 0.261. The molecule has 0 saturated carbocycles. The number of nitrogens with one attached hydrogen (secondary N) is 2. The number of carbonyl (C=O) groups is 2. The number of rotatable bonds is 11. The molecule has 8 heteroatoms. The number of carboxylic acid groups (broad SMARTS) is 1. The molecule has 0 aliphatic carbocycles. The number of benzene rings is 2. The van der Waals surface area contributed by atoms with Crippen LogP contribution in [-0.2, 0) is 11.3 Å². The van der Waals surface area contributed by atoms with E-state index in [2.05, 4.69) is 20.3 Å². The fourth-order valence-electron chi connectivity index (χ4n) is 4.36. The molecule has 0 radical (unpaired) electrons. The molecule has 4 rings (SSSR count). The maximum Gasteiger partial charge on any atom is 0.408 e. The van der Waals surface area contributed by atoms with E-state index in [4.69, 9.17) is 0 Å². The van der Waals surface area contributed by atoms with Crippen molar-refractivity contribution >= 4 is 22.8 Å². The Kier molecular flexibility index (Phi) is 8.28. The monoisotopic (exact) mass is 485 g/mol. The summed E-state index contributed by atoms with van der Waals surface area (Å²) in [6, 6.07) is 17.2. The van der Waals surface area contributed by atoms with E-state index in [1.54, 1.807) is 19.4 Å². The normalized spacial score (nSPS) is 11.8. The van der Waals surface area contributed by atoms with Crippen LogP contribution in [0.4, 0.5) is 4.79 Å². The van der Waals surface area contributed by atoms with Gasteiger partial charge in [0.05, 0.1) is 17.9 Å². The zero-order chi connectivity index (χ0) is 25.3. The zero-order valence-corrected chi connectivity index (χ0v) is 20.4. The van der Waals surface area contributed by atoms with Gasteiger partial charge in [-0.3, -0.25) is 14.7 Å². The predicted octanol–water partition coefficient (Wildman–Crippen LogP) is 5.54. The Morgan fingerprint density at radius 1 is 1.03 bits per heavy atom. The van der Waals surface area contributed by atoms with Gasteiger partial charge in [-0.15, -0.1) is 0 Å². The summed E-state index contributed by atoms with van der Waals surface area (Å²) in [7, 11) is 1.63. The Morgan fingerprint density at radius 3 is 2.64 bits per heavy atom. The Morgan fingerprint density at radius 2 is 1.86 bits per heavy atom. The predicted molar refractivity (Wildman–Crippen MR) is 139 cm³/mol. The van der Waals surface area contributed by atoms with E-state index in [-0.39, 0.29) is 12.5 Å². The summed E-state index contributed by atoms with van der Waals surface area (Å²) in [5.41, 5.74) is 2.70. The Labute approximate surface area is 210 Å². The highest BCUT2D eigenvalue weighted by atomic mass is 16.4. The topological polar surface area (TPSA) is 111 Å². The minimum atomic E-state index is -0.996. The molecule has 36 heavy (non-hydrogen) atoms. The average Bonchev–Trinajstić information content (AvgIpc) is 3.40. The number of fused-ring (bicyclic) bond motifs is 1. The van der Waals surface area contributed by atoms with E-state index in [1.807, 2.05) is 60.8 Å². The zero-order valence-electron chi connectivity index (χ0n) is 20.4. The first-order valence-electron chi connectivity index (χ1n) is 12.2. The van der Waals surface area contributed by atoms with Gasteiger partial charge >= 0.3 is 6.09 Å². The van der Waals surface area contributed by atoms with Gasteiger partial charge in [0.25, 0.3) is 0 Å². The van der Waals surface area contributed by atoms with Crippen LogP contribution in [0.2, 0.25) is 0 Å². The molecule has 2 aromatic heterocycles. The van der Waals surface area contributed by atoms with Crippen molar-refractivity contribution in [2.24, 2.45) is 0 Å². The number of H-pyrrole nitrogens is 1. The van der Waals surface area contributed by atoms with E-state index < -0.39 is 12.1 Å². The van der Waals surface area contributed by atoms with Crippen molar-refractivity contribution in [3.63, 3.8) is 0 Å². The first-order chi connectivity index (χ1) is 17.5. The maximum absolute atomic E-state index is 12.4. The van der Waals surface area contributed by atoms with Crippen LogP contribution >= 0.6 is 0 Å². The molecule has 2 amide bonds. The molecule has 0 aliphatic rings. The smallest absolute Gasteiger partial charge is 0.408 e. The molecule has 2 heterocycles. The highest BCUT2D eigenvalue weighted by Crippen LogP contribution is 2.30. The van der Waals surface area contributed by atoms with Gasteiger partial charge in [0.2, 0.25) is 5.91 Å². The molecular weight excluding hydrogens is 454 g/mol. The second kappa shape index (κ2) is 12.0. The highest BCUT2D eigenvalue weighted by Gasteiger charge is 2.27. The number of hydrogen-bond donors (Lipinski definition) is 3. The van der Waals surface area contributed by atoms with Crippen LogP contribution in [0.3, 0.4) is 0 Å². The second-order valence-corrected chi connectivity index (χ2v) is 8.80. The van der Waals surface area contributed by atoms with Gasteiger partial charge in [-0.25, -0.2) is 9.78 Å². The molecule has 186 valence electrons. The van der Waals surface area contributed by atoms with Crippen LogP contribution in [0.15, 0.2) is 73.2 Å². The number of pyridine rings is 1. The summed E-state index contributed by atoms with van der Waals surface area (Å²) >= 11 is 0. The van der Waals surface area contributed by atoms with Crippen molar-refractivity contribution in [1.29, 1.82) is 0 Å². The largest absolute Gasteiger partial charge is 0.465 e. The van der Waals surface area contributed by atoms with Crippen LogP contribution in [0, 0.1) is 0 Å². The number of carbonyl (C=O) groups excluding carboxylic acids is 1. The molecule has 3 N–H and O–H groups in total. The highest BCUT2D eigenvalue weighted by molar-refractivity contribution is 5.85. The van der Waals surface area contributed by atoms with Crippen molar-refractivity contribution in [1.82, 2.24) is 25.2 Å². The number of nitrogens with zero attached hydrogens (tertiary/aromatic N) is 3. The van der Waals surface area contributed by atoms with Gasteiger partial charge in [-0.1, -0.05) is 55.3 Å². The molecule has 2 aromatic carbocycles. The summed E-state index contributed by atoms with van der Waals surface area (Å²) < 4.78 is 0. The van der Waals surface area contributed by atoms with Crippen molar-refractivity contribution in [3.05, 3.63) is 84.6 Å². The first-order valence-corrected chi connectivity index (χ1v) is 12.2. The molecule has 0 aliphatic heterocycles. The summed E-state index contributed by atoms with van der Waals surface area (Å²) in [5.74, 6) is 0.630. The lowest BCUT2D eigenvalue weighted by atomic mass is 10.0. The van der Waals surface area contributed by atoms with Crippen molar-refractivity contribution < 1.29 is 14.7 Å². The molecule has 0 fully saturated rings. The molecule has 4 aromatic rings. The van der Waals surface area contributed by atoms with Crippen LogP contribution < -0.4 is 5.32 Å². The number of hydrogen-bond acceptors (Lipinski definition) is 4. The molecule has 0 spiro atoms. The third-order valence-corrected chi connectivity index (χ3v) is 6.34. The number of aromatic amines is 1. The number of imidazole rings is 1. The average molecular weight is 486 g/mol. The summed E-state index contributed by atoms with van der Waals surface area (Å²) in [4.78, 5) is 37.6. The van der Waals surface area contributed by atoms with Crippen molar-refractivity contribution in [3.8, 4) is 11.3 Å².